The van der Waals surface area contributed by atoms with E-state index in [9.17, 15) is 9.90 Å². The molecule has 0 aliphatic carbocycles. The minimum atomic E-state index is -1.30. The number of hydrogen-bond acceptors (Lipinski definition) is 4. The number of hydrogen-bond donors (Lipinski definition) is 1. The maximum Gasteiger partial charge on any atom is 2.00 e. The molecule has 0 aromatic rings. The molecule has 0 rings (SSSR count). The molecule has 0 aromatic heterocycles. The fourth-order valence-electron chi connectivity index (χ4n) is 0.284. The maximum absolute atomic E-state index is 10.0. The molecule has 0 aliphatic heterocycles. The van der Waals surface area contributed by atoms with Crippen molar-refractivity contribution in [2.45, 2.75) is 24.6 Å². The Hall–Kier alpha value is 0.715. The molecule has 0 aromatic carbocycles. The van der Waals surface area contributed by atoms with Gasteiger partial charge in [0, 0.05) is 6.04 Å². The Morgan fingerprint density at radius 2 is 2.00 bits per heavy atom. The van der Waals surface area contributed by atoms with Crippen LogP contribution in [0.25, 0.3) is 0 Å². The van der Waals surface area contributed by atoms with E-state index in [4.69, 9.17) is 18.4 Å². The molecule has 0 aliphatic rings. The van der Waals surface area contributed by atoms with Crippen LogP contribution in [0.5, 0.6) is 0 Å². The Bertz CT molecular complexity index is 123. The fraction of sp³-hybridized carbons (Fsp3) is 0.800. The summed E-state index contributed by atoms with van der Waals surface area (Å²) in [6.45, 7) is 3.14. The molecular weight excluding hydrogens is 339 g/mol. The zero-order valence-corrected chi connectivity index (χ0v) is 12.4. The molecule has 0 saturated carbocycles. The van der Waals surface area contributed by atoms with E-state index in [-0.39, 0.29) is 27.7 Å². The van der Waals surface area contributed by atoms with Crippen molar-refractivity contribution in [1.29, 1.82) is 0 Å². The van der Waals surface area contributed by atoms with Crippen molar-refractivity contribution in [2.75, 3.05) is 0 Å². The molecule has 1 atom stereocenters. The maximum atomic E-state index is 10.0. The molecule has 3 nitrogen and oxygen atoms in total. The Labute approximate surface area is 86.3 Å². The fourth-order valence-corrected chi connectivity index (χ4v) is 0.380. The number of carbonyl (C=O) groups excluding carboxylic acids is 1. The molecule has 54 valence electrons. The van der Waals surface area contributed by atoms with E-state index in [2.05, 4.69) is 0 Å². The van der Waals surface area contributed by atoms with Crippen LogP contribution in [0.3, 0.4) is 0 Å². The number of carboxylic acid groups (broad SMARTS) is 1. The van der Waals surface area contributed by atoms with Gasteiger partial charge in [-0.05, 0) is 0 Å². The summed E-state index contributed by atoms with van der Waals surface area (Å²) in [5.41, 5.74) is 5.13. The normalized spacial score (nSPS) is 13.6. The zero-order chi connectivity index (χ0) is 7.65. The molecule has 0 saturated heterocycles. The third kappa shape index (κ3) is 4.52. The summed E-state index contributed by atoms with van der Waals surface area (Å²) in [5, 5.41) is 10.0. The smallest absolute Gasteiger partial charge is 0.785 e. The van der Waals surface area contributed by atoms with Crippen LogP contribution in [-0.4, -0.2) is 16.8 Å². The van der Waals surface area contributed by atoms with E-state index >= 15 is 0 Å². The van der Waals surface area contributed by atoms with Crippen LogP contribution in [0.2, 0.25) is 0 Å². The summed E-state index contributed by atoms with van der Waals surface area (Å²) in [5.74, 6) is -1.30. The summed E-state index contributed by atoms with van der Waals surface area (Å²) in [4.78, 5) is 10.0. The van der Waals surface area contributed by atoms with Gasteiger partial charge in [0.1, 0.15) is 0 Å². The Morgan fingerprint density at radius 1 is 1.70 bits per heavy atom. The standard InChI is InChI=1S/C5H11NO2S.Hg/c1-5(2,9)3(6)4(7)8;/h3,9H,6H2,1-2H3,(H,7,8);/q;+2/p-2/t3-;/m0./s1. The molecule has 0 radical (unpaired) electrons. The Kier molecular flexibility index (Phi) is 6.08. The molecule has 5 heteroatoms. The van der Waals surface area contributed by atoms with Crippen molar-refractivity contribution >= 4 is 18.6 Å². The molecule has 0 amide bonds. The van der Waals surface area contributed by atoms with E-state index in [0.717, 1.165) is 0 Å². The molecule has 0 heterocycles. The van der Waals surface area contributed by atoms with Gasteiger partial charge in [-0.25, -0.2) is 0 Å². The van der Waals surface area contributed by atoms with Crippen molar-refractivity contribution in [1.82, 2.24) is 0 Å². The minimum Gasteiger partial charge on any atom is -0.785 e. The van der Waals surface area contributed by atoms with E-state index in [1.807, 2.05) is 0 Å². The summed E-state index contributed by atoms with van der Waals surface area (Å²) in [6, 6.07) is -1.06. The van der Waals surface area contributed by atoms with Gasteiger partial charge in [0.15, 0.2) is 0 Å². The topological polar surface area (TPSA) is 66.2 Å². The second kappa shape index (κ2) is 4.56. The van der Waals surface area contributed by atoms with Crippen LogP contribution in [0, 0.1) is 0 Å². The van der Waals surface area contributed by atoms with Gasteiger partial charge in [-0.3, -0.25) is 0 Å². The molecule has 0 fully saturated rings. The summed E-state index contributed by atoms with van der Waals surface area (Å²) < 4.78 is -0.821. The van der Waals surface area contributed by atoms with Crippen LogP contribution in [-0.2, 0) is 45.1 Å². The van der Waals surface area contributed by atoms with Crippen molar-refractivity contribution in [3.63, 3.8) is 0 Å². The molecule has 0 unspecified atom stereocenters. The van der Waals surface area contributed by atoms with E-state index in [1.54, 1.807) is 13.8 Å². The van der Waals surface area contributed by atoms with Gasteiger partial charge < -0.3 is 28.3 Å². The predicted octanol–water partition coefficient (Wildman–Crippen LogP) is -1.61. The van der Waals surface area contributed by atoms with Gasteiger partial charge in [0.25, 0.3) is 0 Å². The Balaban J connectivity index is 0. The van der Waals surface area contributed by atoms with Crippen molar-refractivity contribution in [3.8, 4) is 0 Å². The molecule has 2 N–H and O–H groups in total. The monoisotopic (exact) mass is 349 g/mol. The molecule has 0 bridgehead atoms. The largest absolute Gasteiger partial charge is 2.00 e. The van der Waals surface area contributed by atoms with Crippen LogP contribution >= 0.6 is 0 Å². The SMILES string of the molecule is CC(C)([S-])[C@@H](N)C(=O)[O-].[Hg+2]. The first kappa shape index (κ1) is 13.3. The summed E-state index contributed by atoms with van der Waals surface area (Å²) in [6.07, 6.45) is 0. The average molecular weight is 348 g/mol. The van der Waals surface area contributed by atoms with E-state index < -0.39 is 16.8 Å². The van der Waals surface area contributed by atoms with E-state index in [0.29, 0.717) is 0 Å². The number of nitrogens with two attached hydrogens (primary N) is 1. The second-order valence-electron chi connectivity index (χ2n) is 2.40. The quantitative estimate of drug-likeness (QED) is 0.482. The van der Waals surface area contributed by atoms with Crippen LogP contribution < -0.4 is 10.8 Å². The number of aliphatic carboxylic acids is 1. The summed E-state index contributed by atoms with van der Waals surface area (Å²) in [7, 11) is 0. The zero-order valence-electron chi connectivity index (χ0n) is 6.09. The van der Waals surface area contributed by atoms with Gasteiger partial charge in [-0.1, -0.05) is 13.8 Å². The first-order chi connectivity index (χ1) is 3.85. The second-order valence-corrected chi connectivity index (χ2v) is 3.45. The first-order valence-corrected chi connectivity index (χ1v) is 2.93. The number of carbonyl (C=O) groups is 1. The summed E-state index contributed by atoms with van der Waals surface area (Å²) >= 11 is 4.74. The van der Waals surface area contributed by atoms with Gasteiger partial charge in [-0.15, -0.1) is 4.75 Å². The minimum absolute atomic E-state index is 0. The third-order valence-corrected chi connectivity index (χ3v) is 1.26. The van der Waals surface area contributed by atoms with Crippen molar-refractivity contribution in [2.24, 2.45) is 5.73 Å². The van der Waals surface area contributed by atoms with Crippen LogP contribution in [0.1, 0.15) is 13.8 Å². The average Bonchev–Trinajstić information content (AvgIpc) is 1.62. The molecular formula is C5H9HgNO2S. The van der Waals surface area contributed by atoms with Crippen molar-refractivity contribution in [3.05, 3.63) is 0 Å². The van der Waals surface area contributed by atoms with E-state index in [1.165, 1.54) is 0 Å². The third-order valence-electron chi connectivity index (χ3n) is 1.00. The number of rotatable bonds is 2. The van der Waals surface area contributed by atoms with Gasteiger partial charge in [0.05, 0.1) is 5.97 Å². The number of carboxylic acids is 1. The van der Waals surface area contributed by atoms with Gasteiger partial charge >= 0.3 is 27.7 Å². The van der Waals surface area contributed by atoms with Gasteiger partial charge in [-0.2, -0.15) is 0 Å². The van der Waals surface area contributed by atoms with Crippen LogP contribution in [0.15, 0.2) is 0 Å². The Morgan fingerprint density at radius 3 is 2.00 bits per heavy atom. The van der Waals surface area contributed by atoms with Crippen LogP contribution in [0.4, 0.5) is 0 Å². The van der Waals surface area contributed by atoms with Gasteiger partial charge in [0.2, 0.25) is 0 Å². The first-order valence-electron chi connectivity index (χ1n) is 2.52. The van der Waals surface area contributed by atoms with Crippen molar-refractivity contribution < 1.29 is 37.6 Å². The predicted molar refractivity (Wildman–Crippen MR) is 34.4 cm³/mol. The molecule has 10 heavy (non-hydrogen) atoms. The molecule has 0 spiro atoms.